The quantitative estimate of drug-likeness (QED) is 0.834. The predicted molar refractivity (Wildman–Crippen MR) is 67.8 cm³/mol. The van der Waals surface area contributed by atoms with E-state index in [4.69, 9.17) is 5.73 Å². The molecule has 0 saturated heterocycles. The summed E-state index contributed by atoms with van der Waals surface area (Å²) in [6.45, 7) is 3.69. The van der Waals surface area contributed by atoms with Gasteiger partial charge in [0, 0.05) is 5.69 Å². The number of aromatic nitrogens is 1. The van der Waals surface area contributed by atoms with Crippen molar-refractivity contribution in [2.24, 2.45) is 0 Å². The van der Waals surface area contributed by atoms with E-state index >= 15 is 0 Å². The van der Waals surface area contributed by atoms with E-state index < -0.39 is 0 Å². The summed E-state index contributed by atoms with van der Waals surface area (Å²) in [7, 11) is 0. The first kappa shape index (κ1) is 11.4. The summed E-state index contributed by atoms with van der Waals surface area (Å²) in [6, 6.07) is 8.18. The Kier molecular flexibility index (Phi) is 2.95. The van der Waals surface area contributed by atoms with Crippen LogP contribution in [0.3, 0.4) is 0 Å². The number of benzene rings is 1. The minimum atomic E-state index is -0.241. The number of rotatable bonds is 2. The average molecular weight is 231 g/mol. The zero-order valence-corrected chi connectivity index (χ0v) is 9.79. The second-order valence-electron chi connectivity index (χ2n) is 3.96. The Bertz CT molecular complexity index is 552. The largest absolute Gasteiger partial charge is 0.397 e. The standard InChI is InChI=1S/C13H14FN3/c1-8-7-10(14)3-5-12(8)17-13-6-4-11(15)9(2)16-13/h3-7H,15H2,1-2H3,(H,16,17). The van der Waals surface area contributed by atoms with Crippen LogP contribution in [-0.4, -0.2) is 4.98 Å². The van der Waals surface area contributed by atoms with Crippen molar-refractivity contribution in [3.8, 4) is 0 Å². The first-order valence-corrected chi connectivity index (χ1v) is 5.32. The maximum Gasteiger partial charge on any atom is 0.130 e. The van der Waals surface area contributed by atoms with E-state index in [1.54, 1.807) is 18.2 Å². The second kappa shape index (κ2) is 4.41. The minimum Gasteiger partial charge on any atom is -0.397 e. The number of nitrogens with two attached hydrogens (primary N) is 1. The van der Waals surface area contributed by atoms with Crippen LogP contribution in [0.1, 0.15) is 11.3 Å². The van der Waals surface area contributed by atoms with Crippen molar-refractivity contribution < 1.29 is 4.39 Å². The highest BCUT2D eigenvalue weighted by Gasteiger charge is 2.02. The van der Waals surface area contributed by atoms with Crippen molar-refractivity contribution in [3.05, 3.63) is 47.4 Å². The molecular weight excluding hydrogens is 217 g/mol. The third kappa shape index (κ3) is 2.53. The molecule has 0 aliphatic carbocycles. The zero-order chi connectivity index (χ0) is 12.4. The van der Waals surface area contributed by atoms with E-state index in [9.17, 15) is 4.39 Å². The topological polar surface area (TPSA) is 50.9 Å². The Morgan fingerprint density at radius 1 is 1.18 bits per heavy atom. The first-order chi connectivity index (χ1) is 8.06. The third-order valence-corrected chi connectivity index (χ3v) is 2.58. The van der Waals surface area contributed by atoms with Gasteiger partial charge in [0.15, 0.2) is 0 Å². The molecule has 3 nitrogen and oxygen atoms in total. The molecule has 1 aromatic carbocycles. The van der Waals surface area contributed by atoms with Crippen LogP contribution in [0.25, 0.3) is 0 Å². The molecule has 0 aliphatic rings. The fraction of sp³-hybridized carbons (Fsp3) is 0.154. The van der Waals surface area contributed by atoms with E-state index in [1.165, 1.54) is 12.1 Å². The molecule has 0 saturated carbocycles. The average Bonchev–Trinajstić information content (AvgIpc) is 2.27. The number of nitrogen functional groups attached to an aromatic ring is 1. The summed E-state index contributed by atoms with van der Waals surface area (Å²) in [4.78, 5) is 4.30. The molecule has 0 spiro atoms. The van der Waals surface area contributed by atoms with Gasteiger partial charge < -0.3 is 11.1 Å². The lowest BCUT2D eigenvalue weighted by Crippen LogP contribution is -1.99. The van der Waals surface area contributed by atoms with Gasteiger partial charge in [0.2, 0.25) is 0 Å². The van der Waals surface area contributed by atoms with Crippen molar-refractivity contribution >= 4 is 17.2 Å². The predicted octanol–water partition coefficient (Wildman–Crippen LogP) is 3.16. The molecule has 1 aromatic heterocycles. The van der Waals surface area contributed by atoms with Crippen LogP contribution in [0.5, 0.6) is 0 Å². The fourth-order valence-corrected chi connectivity index (χ4v) is 1.55. The number of nitrogens with one attached hydrogen (secondary N) is 1. The van der Waals surface area contributed by atoms with Crippen LogP contribution in [0.15, 0.2) is 30.3 Å². The van der Waals surface area contributed by atoms with Crippen molar-refractivity contribution in [2.45, 2.75) is 13.8 Å². The number of hydrogen-bond donors (Lipinski definition) is 2. The Morgan fingerprint density at radius 3 is 2.59 bits per heavy atom. The molecule has 17 heavy (non-hydrogen) atoms. The van der Waals surface area contributed by atoms with Gasteiger partial charge in [-0.25, -0.2) is 9.37 Å². The summed E-state index contributed by atoms with van der Waals surface area (Å²) in [5.41, 5.74) is 8.79. The lowest BCUT2D eigenvalue weighted by atomic mass is 10.2. The highest BCUT2D eigenvalue weighted by Crippen LogP contribution is 2.21. The molecule has 0 aliphatic heterocycles. The lowest BCUT2D eigenvalue weighted by Gasteiger charge is -2.10. The van der Waals surface area contributed by atoms with Crippen LogP contribution < -0.4 is 11.1 Å². The van der Waals surface area contributed by atoms with Crippen molar-refractivity contribution in [1.29, 1.82) is 0 Å². The monoisotopic (exact) mass is 231 g/mol. The highest BCUT2D eigenvalue weighted by molar-refractivity contribution is 5.62. The van der Waals surface area contributed by atoms with Gasteiger partial charge in [0.05, 0.1) is 11.4 Å². The smallest absolute Gasteiger partial charge is 0.130 e. The number of hydrogen-bond acceptors (Lipinski definition) is 3. The van der Waals surface area contributed by atoms with E-state index in [2.05, 4.69) is 10.3 Å². The molecule has 1 heterocycles. The Hall–Kier alpha value is -2.10. The van der Waals surface area contributed by atoms with Gasteiger partial charge >= 0.3 is 0 Å². The molecule has 88 valence electrons. The molecule has 2 aromatic rings. The van der Waals surface area contributed by atoms with Gasteiger partial charge in [-0.05, 0) is 49.7 Å². The summed E-state index contributed by atoms with van der Waals surface area (Å²) in [5, 5.41) is 3.13. The number of anilines is 3. The van der Waals surface area contributed by atoms with E-state index in [0.717, 1.165) is 16.9 Å². The Labute approximate surface area is 99.5 Å². The second-order valence-corrected chi connectivity index (χ2v) is 3.96. The normalized spacial score (nSPS) is 10.3. The number of aryl methyl sites for hydroxylation is 2. The minimum absolute atomic E-state index is 0.241. The van der Waals surface area contributed by atoms with Crippen molar-refractivity contribution in [1.82, 2.24) is 4.98 Å². The fourth-order valence-electron chi connectivity index (χ4n) is 1.55. The van der Waals surface area contributed by atoms with E-state index in [1.807, 2.05) is 13.8 Å². The number of halogens is 1. The van der Waals surface area contributed by atoms with Crippen LogP contribution >= 0.6 is 0 Å². The molecule has 0 radical (unpaired) electrons. The van der Waals surface area contributed by atoms with Crippen LogP contribution in [0.4, 0.5) is 21.6 Å². The summed E-state index contributed by atoms with van der Waals surface area (Å²) in [5.74, 6) is 0.459. The summed E-state index contributed by atoms with van der Waals surface area (Å²) >= 11 is 0. The van der Waals surface area contributed by atoms with Gasteiger partial charge in [0.25, 0.3) is 0 Å². The van der Waals surface area contributed by atoms with Crippen LogP contribution in [-0.2, 0) is 0 Å². The maximum absolute atomic E-state index is 12.9. The highest BCUT2D eigenvalue weighted by atomic mass is 19.1. The molecule has 0 fully saturated rings. The van der Waals surface area contributed by atoms with Crippen LogP contribution in [0.2, 0.25) is 0 Å². The van der Waals surface area contributed by atoms with E-state index in [0.29, 0.717) is 11.5 Å². The molecule has 3 N–H and O–H groups in total. The van der Waals surface area contributed by atoms with Crippen LogP contribution in [0, 0.1) is 19.7 Å². The van der Waals surface area contributed by atoms with Gasteiger partial charge in [-0.3, -0.25) is 0 Å². The van der Waals surface area contributed by atoms with Gasteiger partial charge in [-0.15, -0.1) is 0 Å². The van der Waals surface area contributed by atoms with Gasteiger partial charge in [-0.1, -0.05) is 0 Å². The number of pyridine rings is 1. The molecular formula is C13H14FN3. The Balaban J connectivity index is 2.28. The lowest BCUT2D eigenvalue weighted by molar-refractivity contribution is 0.627. The zero-order valence-electron chi connectivity index (χ0n) is 9.79. The SMILES string of the molecule is Cc1cc(F)ccc1Nc1ccc(N)c(C)n1. The molecule has 4 heteroatoms. The third-order valence-electron chi connectivity index (χ3n) is 2.58. The molecule has 0 unspecified atom stereocenters. The molecule has 0 amide bonds. The van der Waals surface area contributed by atoms with Gasteiger partial charge in [0.1, 0.15) is 11.6 Å². The first-order valence-electron chi connectivity index (χ1n) is 5.32. The molecule has 0 bridgehead atoms. The van der Waals surface area contributed by atoms with E-state index in [-0.39, 0.29) is 5.82 Å². The summed E-state index contributed by atoms with van der Waals surface area (Å²) in [6.07, 6.45) is 0. The van der Waals surface area contributed by atoms with Crippen molar-refractivity contribution in [3.63, 3.8) is 0 Å². The Morgan fingerprint density at radius 2 is 1.94 bits per heavy atom. The van der Waals surface area contributed by atoms with Gasteiger partial charge in [-0.2, -0.15) is 0 Å². The van der Waals surface area contributed by atoms with Crippen molar-refractivity contribution in [2.75, 3.05) is 11.1 Å². The summed E-state index contributed by atoms with van der Waals surface area (Å²) < 4.78 is 12.9. The molecule has 2 rings (SSSR count). The maximum atomic E-state index is 12.9. The number of nitrogens with zero attached hydrogens (tertiary/aromatic N) is 1. The molecule has 0 atom stereocenters.